The number of hydrogen-bond donors (Lipinski definition) is 2. The summed E-state index contributed by atoms with van der Waals surface area (Å²) in [5.74, 6) is -2.39. The predicted octanol–water partition coefficient (Wildman–Crippen LogP) is 1.98. The van der Waals surface area contributed by atoms with Crippen molar-refractivity contribution in [2.24, 2.45) is 5.92 Å². The molecule has 2 N–H and O–H groups in total. The van der Waals surface area contributed by atoms with E-state index in [0.717, 1.165) is 25.7 Å². The van der Waals surface area contributed by atoms with Crippen LogP contribution < -0.4 is 0 Å². The van der Waals surface area contributed by atoms with E-state index in [2.05, 4.69) is 25.2 Å². The van der Waals surface area contributed by atoms with Crippen molar-refractivity contribution in [2.45, 2.75) is 52.4 Å². The van der Waals surface area contributed by atoms with Gasteiger partial charge in [0.2, 0.25) is 0 Å². The highest BCUT2D eigenvalue weighted by Crippen LogP contribution is 2.13. The summed E-state index contributed by atoms with van der Waals surface area (Å²) in [6.45, 7) is 8.58. The standard InChI is InChI=1S/C14H26O5/c1-11(2)8-6-5-7-9-18-14(17,10-15)19-13(16)12(3)4/h11,15,17H,3,5-10H2,1-2,4H3. The predicted molar refractivity (Wildman–Crippen MR) is 72.2 cm³/mol. The zero-order chi connectivity index (χ0) is 14.9. The number of unbranched alkanes of at least 4 members (excludes halogenated alkanes) is 2. The minimum absolute atomic E-state index is 0.132. The topological polar surface area (TPSA) is 76.0 Å². The minimum atomic E-state index is -2.27. The second-order valence-corrected chi connectivity index (χ2v) is 5.13. The van der Waals surface area contributed by atoms with Crippen molar-refractivity contribution < 1.29 is 24.5 Å². The first-order valence-corrected chi connectivity index (χ1v) is 6.67. The molecule has 0 rings (SSSR count). The Morgan fingerprint density at radius 3 is 2.42 bits per heavy atom. The Morgan fingerprint density at radius 1 is 1.32 bits per heavy atom. The fourth-order valence-corrected chi connectivity index (χ4v) is 1.40. The molecule has 0 saturated carbocycles. The van der Waals surface area contributed by atoms with E-state index in [1.54, 1.807) is 0 Å². The molecule has 0 amide bonds. The molecule has 1 atom stereocenters. The Balaban J connectivity index is 3.91. The molecule has 0 aromatic heterocycles. The first-order chi connectivity index (χ1) is 8.80. The molecular formula is C14H26O5. The van der Waals surface area contributed by atoms with Crippen LogP contribution in [-0.4, -0.2) is 35.4 Å². The zero-order valence-corrected chi connectivity index (χ0v) is 12.1. The molecule has 0 spiro atoms. The molecule has 0 radical (unpaired) electrons. The number of hydrogen-bond acceptors (Lipinski definition) is 5. The van der Waals surface area contributed by atoms with Crippen molar-refractivity contribution in [3.05, 3.63) is 12.2 Å². The van der Waals surface area contributed by atoms with Gasteiger partial charge in [-0.3, -0.25) is 0 Å². The lowest BCUT2D eigenvalue weighted by molar-refractivity contribution is -0.353. The number of aliphatic hydroxyl groups excluding tert-OH is 1. The smallest absolute Gasteiger partial charge is 0.351 e. The summed E-state index contributed by atoms with van der Waals surface area (Å²) >= 11 is 0. The van der Waals surface area contributed by atoms with Gasteiger partial charge in [-0.1, -0.05) is 39.7 Å². The van der Waals surface area contributed by atoms with Gasteiger partial charge in [-0.15, -0.1) is 0 Å². The number of ether oxygens (including phenoxy) is 2. The number of rotatable bonds is 10. The number of aliphatic hydroxyl groups is 2. The fourth-order valence-electron chi connectivity index (χ4n) is 1.40. The summed E-state index contributed by atoms with van der Waals surface area (Å²) < 4.78 is 9.67. The average Bonchev–Trinajstić information content (AvgIpc) is 2.33. The first kappa shape index (κ1) is 18.1. The molecule has 0 aliphatic rings. The molecule has 0 aromatic rings. The average molecular weight is 274 g/mol. The second-order valence-electron chi connectivity index (χ2n) is 5.13. The largest absolute Gasteiger partial charge is 0.402 e. The maximum atomic E-state index is 11.3. The molecule has 0 saturated heterocycles. The van der Waals surface area contributed by atoms with Gasteiger partial charge in [0.1, 0.15) is 6.61 Å². The first-order valence-electron chi connectivity index (χ1n) is 6.67. The molecular weight excluding hydrogens is 248 g/mol. The van der Waals surface area contributed by atoms with Crippen LogP contribution in [0.15, 0.2) is 12.2 Å². The molecule has 0 aliphatic carbocycles. The van der Waals surface area contributed by atoms with Crippen LogP contribution in [0.5, 0.6) is 0 Å². The van der Waals surface area contributed by atoms with Gasteiger partial charge in [-0.25, -0.2) is 4.79 Å². The fraction of sp³-hybridized carbons (Fsp3) is 0.786. The van der Waals surface area contributed by atoms with E-state index < -0.39 is 18.5 Å². The normalized spacial score (nSPS) is 14.2. The summed E-state index contributed by atoms with van der Waals surface area (Å²) in [5.41, 5.74) is 0.132. The van der Waals surface area contributed by atoms with Crippen molar-refractivity contribution in [2.75, 3.05) is 13.2 Å². The van der Waals surface area contributed by atoms with Crippen LogP contribution in [0, 0.1) is 5.92 Å². The second kappa shape index (κ2) is 9.07. The van der Waals surface area contributed by atoms with Gasteiger partial charge >= 0.3 is 11.9 Å². The van der Waals surface area contributed by atoms with E-state index in [-0.39, 0.29) is 12.2 Å². The molecule has 0 aromatic carbocycles. The van der Waals surface area contributed by atoms with Crippen molar-refractivity contribution in [3.8, 4) is 0 Å². The Morgan fingerprint density at radius 2 is 1.95 bits per heavy atom. The number of esters is 1. The SMILES string of the molecule is C=C(C)C(=O)OC(O)(CO)OCCCCCC(C)C. The lowest BCUT2D eigenvalue weighted by atomic mass is 10.1. The summed E-state index contributed by atoms with van der Waals surface area (Å²) in [6, 6.07) is 0. The Labute approximate surface area is 115 Å². The molecule has 1 unspecified atom stereocenters. The van der Waals surface area contributed by atoms with E-state index in [0.29, 0.717) is 5.92 Å². The molecule has 19 heavy (non-hydrogen) atoms. The van der Waals surface area contributed by atoms with E-state index in [9.17, 15) is 9.90 Å². The van der Waals surface area contributed by atoms with Gasteiger partial charge in [-0.05, 0) is 19.3 Å². The molecule has 0 heterocycles. The van der Waals surface area contributed by atoms with Crippen LogP contribution in [0.2, 0.25) is 0 Å². The van der Waals surface area contributed by atoms with E-state index >= 15 is 0 Å². The highest BCUT2D eigenvalue weighted by molar-refractivity contribution is 5.87. The van der Waals surface area contributed by atoms with Crippen molar-refractivity contribution in [1.29, 1.82) is 0 Å². The third-order valence-electron chi connectivity index (χ3n) is 2.55. The summed E-state index contributed by atoms with van der Waals surface area (Å²) in [6.07, 6.45) is 3.94. The maximum Gasteiger partial charge on any atom is 0.351 e. The molecule has 5 nitrogen and oxygen atoms in total. The van der Waals surface area contributed by atoms with E-state index in [1.807, 2.05) is 0 Å². The van der Waals surface area contributed by atoms with E-state index in [4.69, 9.17) is 9.84 Å². The summed E-state index contributed by atoms with van der Waals surface area (Å²) in [7, 11) is 0. The number of carbonyl (C=O) groups excluding carboxylic acids is 1. The lowest BCUT2D eigenvalue weighted by Crippen LogP contribution is -2.42. The van der Waals surface area contributed by atoms with Gasteiger partial charge in [-0.2, -0.15) is 0 Å². The lowest BCUT2D eigenvalue weighted by Gasteiger charge is -2.25. The maximum absolute atomic E-state index is 11.3. The van der Waals surface area contributed by atoms with Crippen molar-refractivity contribution in [1.82, 2.24) is 0 Å². The molecule has 0 bridgehead atoms. The van der Waals surface area contributed by atoms with Crippen LogP contribution in [0.4, 0.5) is 0 Å². The number of carbonyl (C=O) groups is 1. The molecule has 0 fully saturated rings. The highest BCUT2D eigenvalue weighted by Gasteiger charge is 2.32. The van der Waals surface area contributed by atoms with Crippen LogP contribution in [0.1, 0.15) is 46.5 Å². The van der Waals surface area contributed by atoms with Crippen molar-refractivity contribution in [3.63, 3.8) is 0 Å². The Bertz CT molecular complexity index is 288. The van der Waals surface area contributed by atoms with Crippen LogP contribution in [0.3, 0.4) is 0 Å². The minimum Gasteiger partial charge on any atom is -0.402 e. The van der Waals surface area contributed by atoms with Gasteiger partial charge in [0.15, 0.2) is 0 Å². The van der Waals surface area contributed by atoms with Gasteiger partial charge in [0.25, 0.3) is 0 Å². The summed E-state index contributed by atoms with van der Waals surface area (Å²) in [5, 5.41) is 18.7. The van der Waals surface area contributed by atoms with Crippen LogP contribution in [-0.2, 0) is 14.3 Å². The van der Waals surface area contributed by atoms with Crippen LogP contribution in [0.25, 0.3) is 0 Å². The monoisotopic (exact) mass is 274 g/mol. The Kier molecular flexibility index (Phi) is 8.63. The van der Waals surface area contributed by atoms with E-state index in [1.165, 1.54) is 6.92 Å². The molecule has 112 valence electrons. The van der Waals surface area contributed by atoms with Crippen molar-refractivity contribution >= 4 is 5.97 Å². The summed E-state index contributed by atoms with van der Waals surface area (Å²) in [4.78, 5) is 11.3. The zero-order valence-electron chi connectivity index (χ0n) is 12.1. The Hall–Kier alpha value is -0.910. The van der Waals surface area contributed by atoms with Gasteiger partial charge in [0, 0.05) is 5.57 Å². The molecule has 0 aliphatic heterocycles. The third-order valence-corrected chi connectivity index (χ3v) is 2.55. The third kappa shape index (κ3) is 8.75. The van der Waals surface area contributed by atoms with Crippen LogP contribution >= 0.6 is 0 Å². The quantitative estimate of drug-likeness (QED) is 0.276. The highest BCUT2D eigenvalue weighted by atomic mass is 16.8. The van der Waals surface area contributed by atoms with Gasteiger partial charge < -0.3 is 19.7 Å². The van der Waals surface area contributed by atoms with Gasteiger partial charge in [0.05, 0.1) is 6.61 Å². The molecule has 5 heteroatoms.